The highest BCUT2D eigenvalue weighted by Gasteiger charge is 2.45. The average molecular weight is 315 g/mol. The largest absolute Gasteiger partial charge is 0.242 e. The van der Waals surface area contributed by atoms with E-state index >= 15 is 0 Å². The highest BCUT2D eigenvalue weighted by atomic mass is 35.5. The number of benzene rings is 1. The molecule has 1 aliphatic rings. The molecule has 0 heterocycles. The van der Waals surface area contributed by atoms with Crippen LogP contribution in [0.4, 0.5) is 0 Å². The smallest absolute Gasteiger partial charge is 0.207 e. The van der Waals surface area contributed by atoms with Crippen LogP contribution in [-0.2, 0) is 10.0 Å². The van der Waals surface area contributed by atoms with E-state index in [1.54, 1.807) is 0 Å². The molecule has 94 valence electrons. The van der Waals surface area contributed by atoms with Gasteiger partial charge in [0, 0.05) is 16.4 Å². The number of nitrogens with one attached hydrogen (secondary N) is 1. The van der Waals surface area contributed by atoms with Gasteiger partial charge in [-0.05, 0) is 31.0 Å². The van der Waals surface area contributed by atoms with E-state index in [4.69, 9.17) is 34.8 Å². The van der Waals surface area contributed by atoms with Crippen molar-refractivity contribution in [3.8, 4) is 0 Å². The number of sulfonamides is 1. The molecule has 17 heavy (non-hydrogen) atoms. The highest BCUT2D eigenvalue weighted by molar-refractivity contribution is 7.89. The third kappa shape index (κ3) is 2.88. The maximum Gasteiger partial charge on any atom is 0.242 e. The summed E-state index contributed by atoms with van der Waals surface area (Å²) in [6.45, 7) is 0. The lowest BCUT2D eigenvalue weighted by Gasteiger charge is -2.15. The molecule has 0 amide bonds. The monoisotopic (exact) mass is 313 g/mol. The molecule has 0 unspecified atom stereocenters. The van der Waals surface area contributed by atoms with Crippen molar-refractivity contribution < 1.29 is 8.42 Å². The van der Waals surface area contributed by atoms with Crippen LogP contribution in [0.5, 0.6) is 0 Å². The van der Waals surface area contributed by atoms with E-state index in [1.165, 1.54) is 18.2 Å². The number of hydrogen-bond donors (Lipinski definition) is 1. The minimum atomic E-state index is -3.67. The second-order valence-electron chi connectivity index (χ2n) is 4.09. The van der Waals surface area contributed by atoms with Gasteiger partial charge in [-0.2, -0.15) is 0 Å². The van der Waals surface area contributed by atoms with Crippen molar-refractivity contribution in [3.05, 3.63) is 28.2 Å². The van der Waals surface area contributed by atoms with Crippen molar-refractivity contribution in [1.82, 2.24) is 4.72 Å². The van der Waals surface area contributed by atoms with Gasteiger partial charge in [0.05, 0.1) is 5.02 Å². The van der Waals surface area contributed by atoms with Crippen LogP contribution in [0, 0.1) is 0 Å². The van der Waals surface area contributed by atoms with Crippen molar-refractivity contribution in [3.63, 3.8) is 0 Å². The highest BCUT2D eigenvalue weighted by Crippen LogP contribution is 2.38. The number of hydrogen-bond acceptors (Lipinski definition) is 2. The van der Waals surface area contributed by atoms with Crippen LogP contribution in [0.1, 0.15) is 12.8 Å². The Kier molecular flexibility index (Phi) is 3.63. The van der Waals surface area contributed by atoms with Crippen molar-refractivity contribution in [2.24, 2.45) is 0 Å². The molecular weight excluding hydrogens is 305 g/mol. The number of rotatable bonds is 4. The predicted molar refractivity (Wildman–Crippen MR) is 69.5 cm³/mol. The van der Waals surface area contributed by atoms with Crippen LogP contribution in [-0.4, -0.2) is 19.8 Å². The van der Waals surface area contributed by atoms with Gasteiger partial charge in [-0.15, -0.1) is 11.6 Å². The van der Waals surface area contributed by atoms with Crippen molar-refractivity contribution in [1.29, 1.82) is 0 Å². The summed E-state index contributed by atoms with van der Waals surface area (Å²) < 4.78 is 26.8. The van der Waals surface area contributed by atoms with E-state index in [2.05, 4.69) is 4.72 Å². The molecule has 3 nitrogen and oxygen atoms in total. The first-order valence-electron chi connectivity index (χ1n) is 4.94. The standard InChI is InChI=1S/C10H10Cl3NO2S/c11-6-10(3-4-10)14-17(15,16)9-5-7(12)1-2-8(9)13/h1-2,5,14H,3-4,6H2. The molecule has 0 bridgehead atoms. The Morgan fingerprint density at radius 1 is 1.29 bits per heavy atom. The first-order chi connectivity index (χ1) is 7.88. The molecule has 0 spiro atoms. The minimum absolute atomic E-state index is 0.0111. The fourth-order valence-corrected chi connectivity index (χ4v) is 4.07. The van der Waals surface area contributed by atoms with Crippen LogP contribution in [0.15, 0.2) is 23.1 Å². The van der Waals surface area contributed by atoms with Gasteiger partial charge in [-0.25, -0.2) is 13.1 Å². The van der Waals surface area contributed by atoms with E-state index in [-0.39, 0.29) is 15.8 Å². The molecule has 0 saturated heterocycles. The average Bonchev–Trinajstić information content (AvgIpc) is 3.01. The van der Waals surface area contributed by atoms with E-state index < -0.39 is 15.6 Å². The summed E-state index contributed by atoms with van der Waals surface area (Å²) in [5.41, 5.74) is -0.508. The topological polar surface area (TPSA) is 46.2 Å². The molecule has 2 rings (SSSR count). The Hall–Kier alpha value is -0.000000000000000167. The molecule has 1 aliphatic carbocycles. The zero-order valence-electron chi connectivity index (χ0n) is 8.71. The zero-order chi connectivity index (χ0) is 12.7. The van der Waals surface area contributed by atoms with Crippen LogP contribution < -0.4 is 4.72 Å². The zero-order valence-corrected chi connectivity index (χ0v) is 11.8. The van der Waals surface area contributed by atoms with Crippen LogP contribution >= 0.6 is 34.8 Å². The Balaban J connectivity index is 2.35. The fourth-order valence-electron chi connectivity index (χ4n) is 1.44. The molecule has 0 radical (unpaired) electrons. The first kappa shape index (κ1) is 13.4. The Morgan fingerprint density at radius 3 is 2.47 bits per heavy atom. The molecule has 1 aromatic carbocycles. The Labute approximate surface area is 115 Å². The normalized spacial score (nSPS) is 18.1. The summed E-state index contributed by atoms with van der Waals surface area (Å²) in [6, 6.07) is 4.33. The fraction of sp³-hybridized carbons (Fsp3) is 0.400. The molecule has 1 fully saturated rings. The van der Waals surface area contributed by atoms with E-state index in [0.29, 0.717) is 5.02 Å². The SMILES string of the molecule is O=S(=O)(NC1(CCl)CC1)c1cc(Cl)ccc1Cl. The lowest BCUT2D eigenvalue weighted by molar-refractivity contribution is 0.559. The van der Waals surface area contributed by atoms with Gasteiger partial charge in [0.1, 0.15) is 4.90 Å². The maximum absolute atomic E-state index is 12.1. The Bertz CT molecular complexity index is 540. The molecule has 0 atom stereocenters. The summed E-state index contributed by atoms with van der Waals surface area (Å²) in [5.74, 6) is 0.254. The van der Waals surface area contributed by atoms with Gasteiger partial charge in [0.15, 0.2) is 0 Å². The van der Waals surface area contributed by atoms with Crippen LogP contribution in [0.25, 0.3) is 0 Å². The molecule has 1 N–H and O–H groups in total. The molecule has 1 aromatic rings. The predicted octanol–water partition coefficient (Wildman–Crippen LogP) is 3.04. The van der Waals surface area contributed by atoms with Crippen molar-refractivity contribution in [2.75, 3.05) is 5.88 Å². The molecular formula is C10H10Cl3NO2S. The van der Waals surface area contributed by atoms with Gasteiger partial charge < -0.3 is 0 Å². The molecule has 0 aliphatic heterocycles. The van der Waals surface area contributed by atoms with E-state index in [9.17, 15) is 8.42 Å². The second kappa shape index (κ2) is 4.59. The van der Waals surface area contributed by atoms with Gasteiger partial charge in [0.25, 0.3) is 0 Å². The summed E-state index contributed by atoms with van der Waals surface area (Å²) in [4.78, 5) is -0.0111. The van der Waals surface area contributed by atoms with Crippen LogP contribution in [0.3, 0.4) is 0 Å². The van der Waals surface area contributed by atoms with E-state index in [1.807, 2.05) is 0 Å². The first-order valence-corrected chi connectivity index (χ1v) is 7.71. The van der Waals surface area contributed by atoms with Gasteiger partial charge in [-0.1, -0.05) is 23.2 Å². The quantitative estimate of drug-likeness (QED) is 0.868. The lowest BCUT2D eigenvalue weighted by Crippen LogP contribution is -2.38. The molecule has 7 heteroatoms. The Morgan fingerprint density at radius 2 is 1.94 bits per heavy atom. The maximum atomic E-state index is 12.1. The summed E-state index contributed by atoms with van der Waals surface area (Å²) in [6.07, 6.45) is 1.49. The van der Waals surface area contributed by atoms with Crippen LogP contribution in [0.2, 0.25) is 10.0 Å². The number of alkyl halides is 1. The van der Waals surface area contributed by atoms with Crippen molar-refractivity contribution in [2.45, 2.75) is 23.3 Å². The molecule has 1 saturated carbocycles. The third-order valence-electron chi connectivity index (χ3n) is 2.64. The third-order valence-corrected chi connectivity index (χ3v) is 5.45. The lowest BCUT2D eigenvalue weighted by atomic mass is 10.4. The van der Waals surface area contributed by atoms with E-state index in [0.717, 1.165) is 12.8 Å². The summed E-state index contributed by atoms with van der Waals surface area (Å²) >= 11 is 17.4. The van der Waals surface area contributed by atoms with Gasteiger partial charge in [0.2, 0.25) is 10.0 Å². The van der Waals surface area contributed by atoms with Gasteiger partial charge in [-0.3, -0.25) is 0 Å². The van der Waals surface area contributed by atoms with Crippen molar-refractivity contribution >= 4 is 44.8 Å². The van der Waals surface area contributed by atoms with Gasteiger partial charge >= 0.3 is 0 Å². The number of halogens is 3. The summed E-state index contributed by atoms with van der Waals surface area (Å²) in [5, 5.41) is 0.470. The minimum Gasteiger partial charge on any atom is -0.207 e. The summed E-state index contributed by atoms with van der Waals surface area (Å²) in [7, 11) is -3.67. The second-order valence-corrected chi connectivity index (χ2v) is 6.86. The molecule has 0 aromatic heterocycles.